The van der Waals surface area contributed by atoms with Crippen LogP contribution in [0.3, 0.4) is 0 Å². The molecule has 3 aromatic carbocycles. The molecule has 0 fully saturated rings. The van der Waals surface area contributed by atoms with E-state index in [9.17, 15) is 14.0 Å². The lowest BCUT2D eigenvalue weighted by Crippen LogP contribution is -2.27. The lowest BCUT2D eigenvalue weighted by Gasteiger charge is -2.12. The molecule has 4 rings (SSSR count). The maximum atomic E-state index is 13.3. The second-order valence-electron chi connectivity index (χ2n) is 11.4. The van der Waals surface area contributed by atoms with E-state index in [0.29, 0.717) is 114 Å². The molecule has 0 atom stereocenters. The molecule has 0 aliphatic heterocycles. The Morgan fingerprint density at radius 1 is 0.593 bits per heavy atom. The number of anilines is 4. The van der Waals surface area contributed by atoms with E-state index in [4.69, 9.17) is 22.5 Å². The van der Waals surface area contributed by atoms with Crippen LogP contribution in [0.15, 0.2) is 78.9 Å². The largest absolute Gasteiger partial charge is 0.378 e. The van der Waals surface area contributed by atoms with Crippen LogP contribution in [0.4, 0.5) is 27.9 Å². The summed E-state index contributed by atoms with van der Waals surface area (Å²) in [6, 6.07) is 22.2. The molecule has 4 aromatic rings. The Bertz CT molecular complexity index is 1690. The molecular weight excluding hydrogens is 812 g/mol. The average molecular weight is 860 g/mol. The summed E-state index contributed by atoms with van der Waals surface area (Å²) in [5.41, 5.74) is 2.73. The Labute approximate surface area is 324 Å². The van der Waals surface area contributed by atoms with Crippen molar-refractivity contribution in [3.8, 4) is 0 Å². The normalized spacial score (nSPS) is 10.8. The molecule has 2 amide bonds. The predicted octanol–water partition coefficient (Wildman–Crippen LogP) is 4.78. The Hall–Kier alpha value is -4.69. The van der Waals surface area contributed by atoms with Crippen LogP contribution in [0.25, 0.3) is 0 Å². The first-order chi connectivity index (χ1) is 26.5. The van der Waals surface area contributed by atoms with Crippen molar-refractivity contribution in [2.45, 2.75) is 6.42 Å². The van der Waals surface area contributed by atoms with Gasteiger partial charge < -0.3 is 45.5 Å². The number of alkyl halides is 1. The van der Waals surface area contributed by atoms with Crippen molar-refractivity contribution in [1.29, 1.82) is 3.56 Å². The van der Waals surface area contributed by atoms with Gasteiger partial charge in [-0.25, -0.2) is 4.39 Å². The first-order valence-electron chi connectivity index (χ1n) is 17.5. The number of ether oxygens (including phenoxy) is 4. The highest BCUT2D eigenvalue weighted by molar-refractivity contribution is 14.1. The van der Waals surface area contributed by atoms with Crippen LogP contribution >= 0.6 is 21.0 Å². The number of carbonyl (C=O) groups is 2. The molecule has 290 valence electrons. The van der Waals surface area contributed by atoms with Gasteiger partial charge in [-0.05, 0) is 81.5 Å². The van der Waals surface area contributed by atoms with Gasteiger partial charge in [0.2, 0.25) is 17.8 Å². The van der Waals surface area contributed by atoms with Crippen LogP contribution in [0.5, 0.6) is 0 Å². The van der Waals surface area contributed by atoms with Crippen LogP contribution in [0, 0.1) is 9.38 Å². The number of aromatic nitrogens is 3. The molecule has 15 nitrogen and oxygen atoms in total. The molecule has 0 saturated heterocycles. The van der Waals surface area contributed by atoms with E-state index < -0.39 is 21.0 Å². The monoisotopic (exact) mass is 859 g/mol. The fourth-order valence-electron chi connectivity index (χ4n) is 4.63. The number of rotatable bonds is 27. The third-order valence-electron chi connectivity index (χ3n) is 7.34. The smallest absolute Gasteiger partial charge is 0.251 e. The van der Waals surface area contributed by atoms with E-state index in [0.717, 1.165) is 9.99 Å². The van der Waals surface area contributed by atoms with Crippen molar-refractivity contribution in [1.82, 2.24) is 25.6 Å². The number of benzene rings is 3. The zero-order chi connectivity index (χ0) is 38.1. The number of hydrogen-bond donors (Lipinski definition) is 6. The SMILES string of the molecule is N=ICCOCCOCCNC(=O)c1ccc(Nc2nc(NCCOCCOCCNC(=O)c3ccccc3)nc(NCCc3ccc(F)cc3)n2)cc1. The van der Waals surface area contributed by atoms with E-state index in [1.807, 2.05) is 18.2 Å². The van der Waals surface area contributed by atoms with E-state index >= 15 is 0 Å². The summed E-state index contributed by atoms with van der Waals surface area (Å²) < 4.78 is 43.4. The topological polar surface area (TPSA) is 194 Å². The van der Waals surface area contributed by atoms with E-state index in [2.05, 4.69) is 41.5 Å². The molecular formula is C37H47FIN9O6. The maximum absolute atomic E-state index is 13.3. The fourth-order valence-corrected chi connectivity index (χ4v) is 5.16. The molecule has 0 saturated carbocycles. The summed E-state index contributed by atoms with van der Waals surface area (Å²) >= 11 is -0.498. The number of nitrogens with one attached hydrogen (secondary N) is 6. The zero-order valence-corrected chi connectivity index (χ0v) is 32.1. The minimum Gasteiger partial charge on any atom is -0.378 e. The van der Waals surface area contributed by atoms with Crippen molar-refractivity contribution in [2.75, 3.05) is 99.4 Å². The summed E-state index contributed by atoms with van der Waals surface area (Å²) in [4.78, 5) is 38.2. The van der Waals surface area contributed by atoms with E-state index in [1.165, 1.54) is 12.1 Å². The van der Waals surface area contributed by atoms with Gasteiger partial charge in [-0.15, -0.1) is 0 Å². The minimum absolute atomic E-state index is 0.142. The second kappa shape index (κ2) is 25.4. The molecule has 0 spiro atoms. The Kier molecular flexibility index (Phi) is 19.7. The molecule has 0 aliphatic rings. The van der Waals surface area contributed by atoms with Gasteiger partial charge in [0.25, 0.3) is 11.8 Å². The molecule has 17 heteroatoms. The van der Waals surface area contributed by atoms with Crippen molar-refractivity contribution in [2.24, 2.45) is 0 Å². The van der Waals surface area contributed by atoms with Gasteiger partial charge >= 0.3 is 0 Å². The number of nitrogens with zero attached hydrogens (tertiary/aromatic N) is 3. The quantitative estimate of drug-likeness (QED) is 0.0274. The summed E-state index contributed by atoms with van der Waals surface area (Å²) in [5, 5.41) is 15.2. The van der Waals surface area contributed by atoms with E-state index in [1.54, 1.807) is 48.5 Å². The number of amides is 2. The molecule has 0 radical (unpaired) electrons. The highest BCUT2D eigenvalue weighted by Crippen LogP contribution is 2.17. The molecule has 6 N–H and O–H groups in total. The van der Waals surface area contributed by atoms with Gasteiger partial charge in [0.15, 0.2) is 0 Å². The van der Waals surface area contributed by atoms with Crippen molar-refractivity contribution < 1.29 is 32.9 Å². The van der Waals surface area contributed by atoms with Crippen LogP contribution < -0.4 is 26.6 Å². The first kappa shape index (κ1) is 42.1. The molecule has 1 heterocycles. The molecule has 0 unspecified atom stereocenters. The molecule has 54 heavy (non-hydrogen) atoms. The van der Waals surface area contributed by atoms with Gasteiger partial charge in [0.05, 0.1) is 52.9 Å². The standard InChI is InChI=1S/C37H47FIN9O6/c38-31-10-6-28(7-11-31)14-16-43-35-46-36(44-19-23-54-27-26-53-21-17-41-33(49)29-4-2-1-3-5-29)48-37(47-35)45-32-12-8-30(9-13-32)34(50)42-18-22-52-25-24-51-20-15-39-40/h1-13,40H,14-27H2,(H,41,49)(H,42,50)(H3,43,44,45,46,47,48). The number of halogens is 2. The fraction of sp³-hybridized carbons (Fsp3) is 0.378. The lowest BCUT2D eigenvalue weighted by molar-refractivity contribution is 0.0519. The first-order valence-corrected chi connectivity index (χ1v) is 20.1. The van der Waals surface area contributed by atoms with Crippen LogP contribution in [0.2, 0.25) is 0 Å². The third-order valence-corrected chi connectivity index (χ3v) is 8.32. The predicted molar refractivity (Wildman–Crippen MR) is 213 cm³/mol. The van der Waals surface area contributed by atoms with Crippen LogP contribution in [-0.4, -0.2) is 110 Å². The summed E-state index contributed by atoms with van der Waals surface area (Å²) in [6.07, 6.45) is 0.630. The van der Waals surface area contributed by atoms with Crippen molar-refractivity contribution in [3.05, 3.63) is 101 Å². The third kappa shape index (κ3) is 17.0. The molecule has 0 bridgehead atoms. The van der Waals surface area contributed by atoms with E-state index in [-0.39, 0.29) is 23.6 Å². The summed E-state index contributed by atoms with van der Waals surface area (Å²) in [5.74, 6) is 0.295. The summed E-state index contributed by atoms with van der Waals surface area (Å²) in [7, 11) is 0. The van der Waals surface area contributed by atoms with Gasteiger partial charge in [-0.2, -0.15) is 15.0 Å². The number of carbonyl (C=O) groups excluding carboxylic acids is 2. The van der Waals surface area contributed by atoms with Gasteiger partial charge in [-0.3, -0.25) is 13.2 Å². The maximum Gasteiger partial charge on any atom is 0.251 e. The second-order valence-corrected chi connectivity index (χ2v) is 13.2. The molecule has 0 aliphatic carbocycles. The Morgan fingerprint density at radius 2 is 1.11 bits per heavy atom. The Balaban J connectivity index is 1.20. The van der Waals surface area contributed by atoms with Crippen molar-refractivity contribution in [3.63, 3.8) is 0 Å². The Morgan fingerprint density at radius 3 is 1.70 bits per heavy atom. The highest BCUT2D eigenvalue weighted by atomic mass is 127. The minimum atomic E-state index is -0.498. The summed E-state index contributed by atoms with van der Waals surface area (Å²) in [6.45, 7) is 5.06. The van der Waals surface area contributed by atoms with Crippen molar-refractivity contribution >= 4 is 56.4 Å². The van der Waals surface area contributed by atoms with Gasteiger partial charge in [0, 0.05) is 47.4 Å². The number of hydrogen-bond acceptors (Lipinski definition) is 13. The average Bonchev–Trinajstić information content (AvgIpc) is 3.19. The molecule has 1 aromatic heterocycles. The lowest BCUT2D eigenvalue weighted by atomic mass is 10.1. The zero-order valence-electron chi connectivity index (χ0n) is 30.0. The van der Waals surface area contributed by atoms with Crippen LogP contribution in [-0.2, 0) is 25.4 Å². The highest BCUT2D eigenvalue weighted by Gasteiger charge is 2.10. The van der Waals surface area contributed by atoms with Gasteiger partial charge in [0.1, 0.15) is 5.82 Å². The van der Waals surface area contributed by atoms with Crippen LogP contribution in [0.1, 0.15) is 26.3 Å². The van der Waals surface area contributed by atoms with Gasteiger partial charge in [-0.1, -0.05) is 30.3 Å².